The van der Waals surface area contributed by atoms with Gasteiger partial charge < -0.3 is 25.4 Å². The van der Waals surface area contributed by atoms with Crippen molar-refractivity contribution in [3.8, 4) is 0 Å². The van der Waals surface area contributed by atoms with Gasteiger partial charge in [0.05, 0.1) is 17.3 Å². The Labute approximate surface area is 224 Å². The standard InChI is InChI=1S/C28H38ClN3O5/c1-6-7-11-17-32(26(35)22(18-33)30-27(36)37-28(3,4)5)24(20-14-9-8-10-15-20)25(34)31-23-19(2)13-12-16-21(23)29/h8-10,12-16,22,24,33H,6-7,11,17-18H2,1-5H3,(H,30,36)(H,31,34). The van der Waals surface area contributed by atoms with E-state index >= 15 is 0 Å². The van der Waals surface area contributed by atoms with E-state index in [2.05, 4.69) is 10.6 Å². The number of nitrogens with one attached hydrogen (secondary N) is 2. The number of ether oxygens (including phenoxy) is 1. The van der Waals surface area contributed by atoms with Gasteiger partial charge in [-0.25, -0.2) is 4.79 Å². The molecule has 202 valence electrons. The summed E-state index contributed by atoms with van der Waals surface area (Å²) in [6.45, 7) is 8.55. The van der Waals surface area contributed by atoms with E-state index in [1.54, 1.807) is 57.2 Å². The second-order valence-corrected chi connectivity index (χ2v) is 10.3. The van der Waals surface area contributed by atoms with Crippen LogP contribution in [-0.4, -0.2) is 52.7 Å². The Kier molecular flexibility index (Phi) is 11.4. The first-order valence-corrected chi connectivity index (χ1v) is 12.9. The number of para-hydroxylation sites is 1. The van der Waals surface area contributed by atoms with Crippen molar-refractivity contribution in [2.24, 2.45) is 0 Å². The van der Waals surface area contributed by atoms with Crippen LogP contribution in [0.3, 0.4) is 0 Å². The number of anilines is 1. The summed E-state index contributed by atoms with van der Waals surface area (Å²) in [6, 6.07) is 11.9. The molecule has 37 heavy (non-hydrogen) atoms. The molecule has 0 saturated carbocycles. The summed E-state index contributed by atoms with van der Waals surface area (Å²) in [7, 11) is 0. The van der Waals surface area contributed by atoms with E-state index < -0.39 is 42.2 Å². The van der Waals surface area contributed by atoms with Gasteiger partial charge in [-0.15, -0.1) is 0 Å². The second-order valence-electron chi connectivity index (χ2n) is 9.85. The number of amides is 3. The van der Waals surface area contributed by atoms with Crippen LogP contribution in [0.4, 0.5) is 10.5 Å². The summed E-state index contributed by atoms with van der Waals surface area (Å²) < 4.78 is 5.27. The predicted octanol–water partition coefficient (Wildman–Crippen LogP) is 5.23. The third kappa shape index (κ3) is 9.05. The average molecular weight is 532 g/mol. The maximum absolute atomic E-state index is 13.8. The molecule has 9 heteroatoms. The molecule has 0 aromatic heterocycles. The molecule has 2 rings (SSSR count). The Morgan fingerprint density at radius 2 is 1.73 bits per heavy atom. The molecule has 0 aliphatic carbocycles. The van der Waals surface area contributed by atoms with Crippen LogP contribution in [0.5, 0.6) is 0 Å². The van der Waals surface area contributed by atoms with Crippen molar-refractivity contribution in [2.45, 2.75) is 71.6 Å². The minimum Gasteiger partial charge on any atom is -0.444 e. The van der Waals surface area contributed by atoms with Crippen LogP contribution in [0.2, 0.25) is 5.02 Å². The number of benzene rings is 2. The van der Waals surface area contributed by atoms with Crippen molar-refractivity contribution >= 4 is 35.2 Å². The van der Waals surface area contributed by atoms with Gasteiger partial charge in [-0.05, 0) is 51.3 Å². The molecule has 3 N–H and O–H groups in total. The fourth-order valence-electron chi connectivity index (χ4n) is 3.82. The Hall–Kier alpha value is -3.10. The molecule has 0 spiro atoms. The summed E-state index contributed by atoms with van der Waals surface area (Å²) >= 11 is 6.36. The molecular formula is C28H38ClN3O5. The molecule has 2 unspecified atom stereocenters. The number of aryl methyl sites for hydroxylation is 1. The van der Waals surface area contributed by atoms with Crippen molar-refractivity contribution < 1.29 is 24.2 Å². The van der Waals surface area contributed by atoms with Gasteiger partial charge >= 0.3 is 6.09 Å². The lowest BCUT2D eigenvalue weighted by Crippen LogP contribution is -2.54. The molecule has 0 saturated heterocycles. The molecule has 0 heterocycles. The minimum absolute atomic E-state index is 0.244. The van der Waals surface area contributed by atoms with Gasteiger partial charge in [-0.3, -0.25) is 9.59 Å². The van der Waals surface area contributed by atoms with Gasteiger partial charge in [0, 0.05) is 6.54 Å². The van der Waals surface area contributed by atoms with Gasteiger partial charge in [-0.2, -0.15) is 0 Å². The van der Waals surface area contributed by atoms with Gasteiger partial charge in [0.15, 0.2) is 0 Å². The van der Waals surface area contributed by atoms with Crippen molar-refractivity contribution in [1.29, 1.82) is 0 Å². The zero-order chi connectivity index (χ0) is 27.6. The maximum Gasteiger partial charge on any atom is 0.408 e. The zero-order valence-corrected chi connectivity index (χ0v) is 23.0. The molecule has 8 nitrogen and oxygen atoms in total. The monoisotopic (exact) mass is 531 g/mol. The minimum atomic E-state index is -1.29. The number of halogens is 1. The molecule has 2 aromatic rings. The molecule has 2 atom stereocenters. The SMILES string of the molecule is CCCCCN(C(=O)C(CO)NC(=O)OC(C)(C)C)C(C(=O)Nc1c(C)cccc1Cl)c1ccccc1. The van der Waals surface area contributed by atoms with Crippen molar-refractivity contribution in [2.75, 3.05) is 18.5 Å². The Balaban J connectivity index is 2.47. The molecule has 3 amide bonds. The van der Waals surface area contributed by atoms with Crippen molar-refractivity contribution in [3.63, 3.8) is 0 Å². The lowest BCUT2D eigenvalue weighted by molar-refractivity contribution is -0.141. The van der Waals surface area contributed by atoms with Gasteiger partial charge in [0.2, 0.25) is 5.91 Å². The van der Waals surface area contributed by atoms with Gasteiger partial charge in [-0.1, -0.05) is 73.8 Å². The number of carbonyl (C=O) groups is 3. The van der Waals surface area contributed by atoms with Crippen LogP contribution in [0.25, 0.3) is 0 Å². The lowest BCUT2D eigenvalue weighted by Gasteiger charge is -2.34. The highest BCUT2D eigenvalue weighted by Crippen LogP contribution is 2.29. The summed E-state index contributed by atoms with van der Waals surface area (Å²) in [6.07, 6.45) is 1.54. The van der Waals surface area contributed by atoms with Crippen LogP contribution in [0.1, 0.15) is 64.1 Å². The lowest BCUT2D eigenvalue weighted by atomic mass is 10.0. The maximum atomic E-state index is 13.8. The van der Waals surface area contributed by atoms with Crippen molar-refractivity contribution in [1.82, 2.24) is 10.2 Å². The van der Waals surface area contributed by atoms with Crippen LogP contribution in [0.15, 0.2) is 48.5 Å². The van der Waals surface area contributed by atoms with E-state index in [9.17, 15) is 19.5 Å². The van der Waals surface area contributed by atoms with E-state index in [-0.39, 0.29) is 6.54 Å². The number of alkyl carbamates (subject to hydrolysis) is 1. The molecule has 0 bridgehead atoms. The topological polar surface area (TPSA) is 108 Å². The average Bonchev–Trinajstić information content (AvgIpc) is 2.83. The van der Waals surface area contributed by atoms with E-state index in [1.807, 2.05) is 26.0 Å². The third-order valence-electron chi connectivity index (χ3n) is 5.60. The number of unbranched alkanes of at least 4 members (excludes halogenated alkanes) is 2. The molecule has 0 aliphatic heterocycles. The van der Waals surface area contributed by atoms with E-state index in [0.29, 0.717) is 22.7 Å². The zero-order valence-electron chi connectivity index (χ0n) is 22.2. The summed E-state index contributed by atoms with van der Waals surface area (Å²) in [4.78, 5) is 41.3. The number of rotatable bonds is 11. The van der Waals surface area contributed by atoms with Crippen molar-refractivity contribution in [3.05, 3.63) is 64.7 Å². The number of nitrogens with zero attached hydrogens (tertiary/aromatic N) is 1. The quantitative estimate of drug-likeness (QED) is 0.344. The Morgan fingerprint density at radius 3 is 2.30 bits per heavy atom. The summed E-state index contributed by atoms with van der Waals surface area (Å²) in [5, 5.41) is 15.8. The van der Waals surface area contributed by atoms with Crippen LogP contribution in [0, 0.1) is 6.92 Å². The summed E-state index contributed by atoms with van der Waals surface area (Å²) in [5.74, 6) is -1.05. The number of aliphatic hydroxyl groups is 1. The van der Waals surface area contributed by atoms with Crippen LogP contribution >= 0.6 is 11.6 Å². The third-order valence-corrected chi connectivity index (χ3v) is 5.92. The molecule has 0 fully saturated rings. The fraction of sp³-hybridized carbons (Fsp3) is 0.464. The van der Waals surface area contributed by atoms with E-state index in [0.717, 1.165) is 18.4 Å². The highest BCUT2D eigenvalue weighted by molar-refractivity contribution is 6.34. The Bertz CT molecular complexity index is 1040. The highest BCUT2D eigenvalue weighted by Gasteiger charge is 2.36. The molecule has 0 radical (unpaired) electrons. The largest absolute Gasteiger partial charge is 0.444 e. The molecular weight excluding hydrogens is 494 g/mol. The molecule has 0 aliphatic rings. The number of hydrogen-bond donors (Lipinski definition) is 3. The second kappa shape index (κ2) is 14.0. The summed E-state index contributed by atoms with van der Waals surface area (Å²) in [5.41, 5.74) is 1.04. The predicted molar refractivity (Wildman–Crippen MR) is 145 cm³/mol. The van der Waals surface area contributed by atoms with E-state index in [1.165, 1.54) is 4.90 Å². The fourth-order valence-corrected chi connectivity index (χ4v) is 4.09. The van der Waals surface area contributed by atoms with Gasteiger partial charge in [0.25, 0.3) is 5.91 Å². The number of aliphatic hydroxyl groups excluding tert-OH is 1. The first-order valence-electron chi connectivity index (χ1n) is 12.5. The Morgan fingerprint density at radius 1 is 1.05 bits per heavy atom. The highest BCUT2D eigenvalue weighted by atomic mass is 35.5. The number of hydrogen-bond acceptors (Lipinski definition) is 5. The molecule has 2 aromatic carbocycles. The normalized spacial score (nSPS) is 12.8. The first-order chi connectivity index (χ1) is 17.5. The van der Waals surface area contributed by atoms with Crippen LogP contribution < -0.4 is 10.6 Å². The van der Waals surface area contributed by atoms with Crippen LogP contribution in [-0.2, 0) is 14.3 Å². The van der Waals surface area contributed by atoms with Gasteiger partial charge in [0.1, 0.15) is 17.7 Å². The van der Waals surface area contributed by atoms with E-state index in [4.69, 9.17) is 16.3 Å². The first kappa shape index (κ1) is 30.1. The smallest absolute Gasteiger partial charge is 0.408 e. The number of carbonyl (C=O) groups excluding carboxylic acids is 3.